The van der Waals surface area contributed by atoms with Gasteiger partial charge in [0.15, 0.2) is 60.0 Å². The lowest BCUT2D eigenvalue weighted by molar-refractivity contribution is -0.123. The highest BCUT2D eigenvalue weighted by Gasteiger charge is 2.33. The van der Waals surface area contributed by atoms with Gasteiger partial charge in [0, 0.05) is 35.5 Å². The van der Waals surface area contributed by atoms with Crippen LogP contribution in [-0.2, 0) is 40.5 Å². The summed E-state index contributed by atoms with van der Waals surface area (Å²) >= 11 is 8.45. The number of likely N-dealkylation sites (tertiary alicyclic amines) is 1. The molecule has 1 fully saturated rings. The molecule has 3 aromatic carbocycles. The molecule has 0 saturated carbocycles. The number of anilines is 3. The van der Waals surface area contributed by atoms with E-state index in [2.05, 4.69) is 55.9 Å². The zero-order valence-corrected chi connectivity index (χ0v) is 47.5. The average Bonchev–Trinajstić information content (AvgIpc) is 3.44. The van der Waals surface area contributed by atoms with Crippen LogP contribution in [0.3, 0.4) is 0 Å². The quantitative estimate of drug-likeness (QED) is 0.0236. The van der Waals surface area contributed by atoms with Gasteiger partial charge in [-0.15, -0.1) is 0 Å². The predicted molar refractivity (Wildman–Crippen MR) is 301 cm³/mol. The number of methoxy groups -OCH3 is 1. The third-order valence-electron chi connectivity index (χ3n) is 11.6. The third kappa shape index (κ3) is 16.6. The van der Waals surface area contributed by atoms with E-state index in [1.165, 1.54) is 54.9 Å². The van der Waals surface area contributed by atoms with Crippen LogP contribution in [0, 0.1) is 0 Å². The van der Waals surface area contributed by atoms with Gasteiger partial charge in [0.1, 0.15) is 11.2 Å². The van der Waals surface area contributed by atoms with E-state index in [4.69, 9.17) is 40.0 Å². The van der Waals surface area contributed by atoms with Crippen molar-refractivity contribution < 1.29 is 50.3 Å². The summed E-state index contributed by atoms with van der Waals surface area (Å²) in [5, 5.41) is 1.57. The van der Waals surface area contributed by atoms with E-state index in [1.807, 2.05) is 35.8 Å². The van der Waals surface area contributed by atoms with E-state index in [9.17, 15) is 40.8 Å². The van der Waals surface area contributed by atoms with Crippen molar-refractivity contribution >= 4 is 99.8 Å². The van der Waals surface area contributed by atoms with Gasteiger partial charge >= 0.3 is 12.1 Å². The number of rotatable bonds is 16. The summed E-state index contributed by atoms with van der Waals surface area (Å²) in [5.41, 5.74) is 21.3. The molecule has 0 unspecified atom stereocenters. The van der Waals surface area contributed by atoms with Crippen molar-refractivity contribution in [3.05, 3.63) is 125 Å². The predicted octanol–water partition coefficient (Wildman–Crippen LogP) is 5.28. The second-order valence-electron chi connectivity index (χ2n) is 17.7. The van der Waals surface area contributed by atoms with Crippen LogP contribution in [0.2, 0.25) is 0 Å². The van der Waals surface area contributed by atoms with Crippen LogP contribution in [0.25, 0.3) is 22.5 Å². The van der Waals surface area contributed by atoms with Gasteiger partial charge in [-0.25, -0.2) is 62.2 Å². The first-order valence-electron chi connectivity index (χ1n) is 24.0. The number of nitrogen functional groups attached to an aromatic ring is 4. The molecule has 1 atom stereocenters. The Morgan fingerprint density at radius 1 is 0.709 bits per heavy atom. The third-order valence-corrected chi connectivity index (χ3v) is 16.7. The van der Waals surface area contributed by atoms with Crippen LogP contribution in [0.4, 0.5) is 22.2 Å². The number of carbonyl (C=O) groups excluding carboxylic acids is 5. The van der Waals surface area contributed by atoms with Gasteiger partial charge in [0.05, 0.1) is 63.4 Å². The number of hydrogen-bond acceptors (Lipinski definition) is 22. The van der Waals surface area contributed by atoms with Crippen LogP contribution in [0.1, 0.15) is 90.4 Å². The largest absolute Gasteiger partial charge is 0.464 e. The summed E-state index contributed by atoms with van der Waals surface area (Å²) in [7, 11) is -5.53. The Bertz CT molecular complexity index is 3410. The first kappa shape index (κ1) is 61.9. The molecule has 7 rings (SSSR count). The lowest BCUT2D eigenvalue weighted by Gasteiger charge is -2.34. The Labute approximate surface area is 469 Å². The van der Waals surface area contributed by atoms with E-state index in [-0.39, 0.29) is 74.5 Å². The molecule has 4 heterocycles. The molecule has 0 bridgehead atoms. The van der Waals surface area contributed by atoms with Gasteiger partial charge < -0.3 is 32.0 Å². The number of aromatic nitrogens is 6. The number of nitrogens with one attached hydrogen (secondary N) is 2. The second kappa shape index (κ2) is 28.1. The van der Waals surface area contributed by atoms with E-state index in [0.29, 0.717) is 40.1 Å². The smallest absolute Gasteiger partial charge is 0.410 e. The lowest BCUT2D eigenvalue weighted by Crippen LogP contribution is -2.48. The molecule has 3 amide bonds. The molecule has 24 nitrogen and oxygen atoms in total. The fourth-order valence-corrected chi connectivity index (χ4v) is 9.81. The highest BCUT2D eigenvalue weighted by atomic mass is 79.9. The molecular formula is C51H58BrN13O11S3. The fraction of sp³-hybridized carbons (Fsp3) is 0.294. The molecule has 1 aliphatic rings. The number of Topliss-reactive ketones (excluding diaryl/α,β-unsaturated/α-hetero) is 1. The molecule has 0 radical (unpaired) electrons. The molecule has 1 saturated heterocycles. The number of esters is 1. The zero-order chi connectivity index (χ0) is 58.2. The SMILES string of the molecule is CC(C)S(=O)(=O)c1ccc(-c2cnc(N)c(C(=O)NCC(=S)CC(=O)[C@@H]3CCCCN3C(=O)OCc3ccccc3)n2)cc1.CC(C)S(=O)(=O)c1ccc(-c2cnc(N)c(C(=O)NN)n2)cc1.COC(=O)c1nc(Br)cnc1N. The highest BCUT2D eigenvalue weighted by molar-refractivity contribution is 9.10. The van der Waals surface area contributed by atoms with Gasteiger partial charge in [-0.3, -0.25) is 24.7 Å². The summed E-state index contributed by atoms with van der Waals surface area (Å²) in [6.45, 7) is 6.89. The topological polar surface area (TPSA) is 381 Å². The summed E-state index contributed by atoms with van der Waals surface area (Å²) < 4.78 is 59.4. The molecule has 418 valence electrons. The summed E-state index contributed by atoms with van der Waals surface area (Å²) in [6, 6.07) is 21.0. The van der Waals surface area contributed by atoms with Crippen LogP contribution < -0.4 is 33.8 Å². The molecular weight excluding hydrogens is 1150 g/mol. The minimum atomic E-state index is -3.44. The molecule has 28 heteroatoms. The minimum Gasteiger partial charge on any atom is -0.464 e. The normalized spacial score (nSPS) is 13.2. The number of piperidine rings is 1. The second-order valence-corrected chi connectivity index (χ2v) is 24.1. The number of hydrazine groups is 1. The van der Waals surface area contributed by atoms with Gasteiger partial charge in [-0.2, -0.15) is 0 Å². The zero-order valence-electron chi connectivity index (χ0n) is 43.5. The van der Waals surface area contributed by atoms with E-state index >= 15 is 0 Å². The molecule has 0 aliphatic carbocycles. The van der Waals surface area contributed by atoms with E-state index in [0.717, 1.165) is 18.4 Å². The molecule has 1 aliphatic heterocycles. The minimum absolute atomic E-state index is 0.0203. The molecule has 0 spiro atoms. The first-order valence-corrected chi connectivity index (χ1v) is 28.3. The summed E-state index contributed by atoms with van der Waals surface area (Å²) in [4.78, 5) is 87.5. The number of sulfone groups is 2. The standard InChI is InChI=1S/C31H35N5O6S2.C14H17N5O3S.C6H6BrN3O2/c1-20(2)44(40,41)24-13-11-22(12-14-24)25-18-33-29(32)28(35-25)30(38)34-17-23(43)16-27(37)26-10-6-7-15-36(26)31(39)42-19-21-8-4-3-5-9-21;1-8(2)23(21,22)10-5-3-9(4-6-10)11-7-17-13(15)12(18-11)14(20)19-16;1-12-6(11)4-5(8)9-2-3(7)10-4/h3-5,8-9,11-14,18,20,26H,6-7,10,15-17,19H2,1-2H3,(H2,32,33)(H,34,38);3-8H,16H2,1-2H3,(H2,15,17)(H,19,20);2H,1H3,(H2,8,9)/t26-;;/m0../s1. The van der Waals surface area contributed by atoms with Crippen LogP contribution in [0.5, 0.6) is 0 Å². The maximum absolute atomic E-state index is 13.2. The van der Waals surface area contributed by atoms with Crippen molar-refractivity contribution in [2.75, 3.05) is 37.4 Å². The van der Waals surface area contributed by atoms with Gasteiger partial charge in [0.25, 0.3) is 11.8 Å². The Morgan fingerprint density at radius 3 is 1.70 bits per heavy atom. The number of ether oxygens (including phenoxy) is 2. The highest BCUT2D eigenvalue weighted by Crippen LogP contribution is 2.26. The Morgan fingerprint density at radius 2 is 1.20 bits per heavy atom. The Hall–Kier alpha value is -7.92. The molecule has 10 N–H and O–H groups in total. The fourth-order valence-electron chi connectivity index (χ4n) is 7.20. The van der Waals surface area contributed by atoms with Crippen molar-refractivity contribution in [3.8, 4) is 22.5 Å². The Balaban J connectivity index is 0.000000270. The van der Waals surface area contributed by atoms with Crippen molar-refractivity contribution in [1.82, 2.24) is 45.5 Å². The summed E-state index contributed by atoms with van der Waals surface area (Å²) in [6.07, 6.45) is 5.63. The van der Waals surface area contributed by atoms with Crippen molar-refractivity contribution in [2.24, 2.45) is 5.84 Å². The number of amides is 3. The number of halogens is 1. The van der Waals surface area contributed by atoms with Gasteiger partial charge in [-0.1, -0.05) is 66.8 Å². The van der Waals surface area contributed by atoms with Crippen LogP contribution in [0.15, 0.2) is 112 Å². The maximum atomic E-state index is 13.2. The van der Waals surface area contributed by atoms with Crippen molar-refractivity contribution in [3.63, 3.8) is 0 Å². The van der Waals surface area contributed by atoms with Crippen LogP contribution in [-0.4, -0.2) is 123 Å². The molecule has 6 aromatic rings. The maximum Gasteiger partial charge on any atom is 0.410 e. The number of thiocarbonyl (C=S) groups is 1. The van der Waals surface area contributed by atoms with E-state index in [1.54, 1.807) is 52.0 Å². The van der Waals surface area contributed by atoms with Crippen molar-refractivity contribution in [2.45, 2.75) is 86.3 Å². The monoisotopic (exact) mass is 1200 g/mol. The number of benzene rings is 3. The number of carbonyl (C=O) groups is 5. The number of hydrogen-bond donors (Lipinski definition) is 6. The average molecular weight is 1210 g/mol. The van der Waals surface area contributed by atoms with Crippen molar-refractivity contribution in [1.29, 1.82) is 0 Å². The Kier molecular flexibility index (Phi) is 22.0. The van der Waals surface area contributed by atoms with E-state index < -0.39 is 60.1 Å². The van der Waals surface area contributed by atoms with Gasteiger partial charge in [0.2, 0.25) is 0 Å². The number of nitrogens with zero attached hydrogens (tertiary/aromatic N) is 7. The molecule has 3 aromatic heterocycles. The van der Waals surface area contributed by atoms with Gasteiger partial charge in [-0.05, 0) is 92.7 Å². The number of nitrogens with two attached hydrogens (primary N) is 4. The molecule has 79 heavy (non-hydrogen) atoms. The summed E-state index contributed by atoms with van der Waals surface area (Å²) in [5.74, 6) is 2.88. The number of ketones is 1. The first-order chi connectivity index (χ1) is 37.4. The lowest BCUT2D eigenvalue weighted by atomic mass is 9.96. The van der Waals surface area contributed by atoms with Crippen LogP contribution >= 0.6 is 28.1 Å².